The van der Waals surface area contributed by atoms with Crippen molar-refractivity contribution in [3.63, 3.8) is 0 Å². The van der Waals surface area contributed by atoms with Crippen LogP contribution in [0.15, 0.2) is 48.7 Å². The molecule has 166 valence electrons. The highest BCUT2D eigenvalue weighted by Gasteiger charge is 2.59. The van der Waals surface area contributed by atoms with Crippen molar-refractivity contribution in [2.75, 3.05) is 44.8 Å². The summed E-state index contributed by atoms with van der Waals surface area (Å²) >= 11 is 0. The molecule has 6 nitrogen and oxygen atoms in total. The Morgan fingerprint density at radius 1 is 1.10 bits per heavy atom. The van der Waals surface area contributed by atoms with Gasteiger partial charge in [0.05, 0.1) is 36.2 Å². The number of aliphatic hydroxyl groups is 1. The number of pyridine rings is 1. The van der Waals surface area contributed by atoms with E-state index in [9.17, 15) is 9.50 Å². The van der Waals surface area contributed by atoms with Gasteiger partial charge in [-0.3, -0.25) is 9.88 Å². The molecular weight excluding hydrogens is 397 g/mol. The van der Waals surface area contributed by atoms with Crippen molar-refractivity contribution in [2.24, 2.45) is 5.92 Å². The molecule has 5 rings (SSSR count). The summed E-state index contributed by atoms with van der Waals surface area (Å²) in [5, 5.41) is 11.8. The summed E-state index contributed by atoms with van der Waals surface area (Å²) in [6, 6.07) is 12.6. The van der Waals surface area contributed by atoms with Gasteiger partial charge in [-0.25, -0.2) is 4.39 Å². The van der Waals surface area contributed by atoms with Gasteiger partial charge in [-0.1, -0.05) is 18.2 Å². The third-order valence-corrected chi connectivity index (χ3v) is 7.32. The van der Waals surface area contributed by atoms with Gasteiger partial charge in [-0.05, 0) is 43.0 Å². The third kappa shape index (κ3) is 3.74. The van der Waals surface area contributed by atoms with Gasteiger partial charge < -0.3 is 19.5 Å². The predicted octanol–water partition coefficient (Wildman–Crippen LogP) is 2.64. The van der Waals surface area contributed by atoms with Crippen LogP contribution in [0, 0.1) is 11.7 Å². The summed E-state index contributed by atoms with van der Waals surface area (Å²) in [7, 11) is 1.73. The zero-order valence-electron chi connectivity index (χ0n) is 17.9. The predicted molar refractivity (Wildman–Crippen MR) is 115 cm³/mol. The molecule has 0 unspecified atom stereocenters. The number of methoxy groups -OCH3 is 1. The molecule has 1 aromatic carbocycles. The summed E-state index contributed by atoms with van der Waals surface area (Å²) in [5.74, 6) is -0.0978. The summed E-state index contributed by atoms with van der Waals surface area (Å²) in [6.07, 6.45) is 3.17. The number of hydrogen-bond acceptors (Lipinski definition) is 6. The fourth-order valence-corrected chi connectivity index (χ4v) is 5.74. The molecular formula is C24H30FN3O3. The molecule has 2 saturated heterocycles. The number of rotatable bonds is 4. The second-order valence-corrected chi connectivity index (χ2v) is 8.91. The molecule has 2 aliphatic heterocycles. The van der Waals surface area contributed by atoms with E-state index in [1.54, 1.807) is 19.4 Å². The second kappa shape index (κ2) is 8.47. The summed E-state index contributed by atoms with van der Waals surface area (Å²) in [6.45, 7) is 3.20. The van der Waals surface area contributed by atoms with E-state index < -0.39 is 5.60 Å². The molecule has 1 aromatic heterocycles. The van der Waals surface area contributed by atoms with Gasteiger partial charge in [0.25, 0.3) is 0 Å². The van der Waals surface area contributed by atoms with E-state index in [0.29, 0.717) is 18.8 Å². The summed E-state index contributed by atoms with van der Waals surface area (Å²) in [4.78, 5) is 8.84. The first-order valence-corrected chi connectivity index (χ1v) is 11.1. The first kappa shape index (κ1) is 20.8. The Hall–Kier alpha value is -2.06. The minimum absolute atomic E-state index is 0.0545. The molecule has 0 radical (unpaired) electrons. The number of ether oxygens (including phenoxy) is 2. The highest BCUT2D eigenvalue weighted by Crippen LogP contribution is 2.49. The summed E-state index contributed by atoms with van der Waals surface area (Å²) < 4.78 is 26.2. The van der Waals surface area contributed by atoms with Crippen LogP contribution in [-0.2, 0) is 9.47 Å². The van der Waals surface area contributed by atoms with Gasteiger partial charge in [0.15, 0.2) is 0 Å². The molecule has 0 amide bonds. The number of benzene rings is 1. The quantitative estimate of drug-likeness (QED) is 0.810. The second-order valence-electron chi connectivity index (χ2n) is 8.91. The zero-order valence-corrected chi connectivity index (χ0v) is 17.9. The van der Waals surface area contributed by atoms with Crippen molar-refractivity contribution in [1.29, 1.82) is 0 Å². The average molecular weight is 428 g/mol. The van der Waals surface area contributed by atoms with Crippen LogP contribution < -0.4 is 4.90 Å². The molecule has 0 bridgehead atoms. The maximum atomic E-state index is 14.2. The molecule has 3 fully saturated rings. The van der Waals surface area contributed by atoms with E-state index in [2.05, 4.69) is 14.8 Å². The minimum atomic E-state index is -0.952. The molecule has 3 aliphatic rings. The van der Waals surface area contributed by atoms with Crippen LogP contribution in [0.4, 0.5) is 10.1 Å². The maximum absolute atomic E-state index is 14.2. The van der Waals surface area contributed by atoms with Crippen LogP contribution in [0.1, 0.15) is 24.6 Å². The average Bonchev–Trinajstić information content (AvgIpc) is 3.11. The first-order valence-electron chi connectivity index (χ1n) is 11.1. The van der Waals surface area contributed by atoms with Gasteiger partial charge in [0.2, 0.25) is 0 Å². The lowest BCUT2D eigenvalue weighted by Gasteiger charge is -2.48. The monoisotopic (exact) mass is 427 g/mol. The number of para-hydroxylation sites is 1. The number of nitrogens with zero attached hydrogens (tertiary/aromatic N) is 3. The van der Waals surface area contributed by atoms with Crippen molar-refractivity contribution in [2.45, 2.75) is 36.7 Å². The largest absolute Gasteiger partial charge is 0.385 e. The molecule has 7 heteroatoms. The van der Waals surface area contributed by atoms with Crippen LogP contribution in [0.25, 0.3) is 0 Å². The fourth-order valence-electron chi connectivity index (χ4n) is 5.74. The van der Waals surface area contributed by atoms with Crippen LogP contribution in [-0.4, -0.2) is 72.6 Å². The Kier molecular flexibility index (Phi) is 5.69. The molecule has 1 aliphatic carbocycles. The lowest BCUT2D eigenvalue weighted by atomic mass is 9.81. The number of halogens is 1. The molecule has 2 aromatic rings. The Labute approximate surface area is 182 Å². The Bertz CT molecular complexity index is 893. The molecule has 31 heavy (non-hydrogen) atoms. The van der Waals surface area contributed by atoms with Crippen molar-refractivity contribution >= 4 is 5.69 Å². The number of fused-ring (bicyclic) bond motifs is 1. The van der Waals surface area contributed by atoms with Gasteiger partial charge in [-0.2, -0.15) is 0 Å². The maximum Gasteiger partial charge on any atom is 0.146 e. The van der Waals surface area contributed by atoms with E-state index in [-0.39, 0.29) is 36.6 Å². The molecule has 0 spiro atoms. The van der Waals surface area contributed by atoms with Crippen LogP contribution in [0.3, 0.4) is 0 Å². The standard InChI is InChI=1S/C24H30FN3O3/c1-30-22-15-17-14-21(19-7-4-5-9-26-19)31-16-24(17,29)23(22)28-12-10-27(11-13-28)20-8-3-2-6-18(20)25/h2-9,17,21-23,29H,10-16H2,1H3/t17-,21+,22-,23+,24+/m0/s1. The van der Waals surface area contributed by atoms with Crippen molar-refractivity contribution in [3.05, 3.63) is 60.2 Å². The van der Waals surface area contributed by atoms with Crippen LogP contribution in [0.2, 0.25) is 0 Å². The van der Waals surface area contributed by atoms with E-state index in [0.717, 1.165) is 31.6 Å². The molecule has 3 heterocycles. The van der Waals surface area contributed by atoms with Gasteiger partial charge in [0, 0.05) is 39.5 Å². The van der Waals surface area contributed by atoms with E-state index in [1.165, 1.54) is 6.07 Å². The Balaban J connectivity index is 1.30. The minimum Gasteiger partial charge on any atom is -0.385 e. The number of piperazine rings is 1. The van der Waals surface area contributed by atoms with Crippen LogP contribution >= 0.6 is 0 Å². The van der Waals surface area contributed by atoms with Gasteiger partial charge in [-0.15, -0.1) is 0 Å². The van der Waals surface area contributed by atoms with Gasteiger partial charge >= 0.3 is 0 Å². The third-order valence-electron chi connectivity index (χ3n) is 7.32. The highest BCUT2D eigenvalue weighted by atomic mass is 19.1. The number of hydrogen-bond donors (Lipinski definition) is 1. The van der Waals surface area contributed by atoms with Gasteiger partial charge in [0.1, 0.15) is 11.4 Å². The lowest BCUT2D eigenvalue weighted by molar-refractivity contribution is -0.175. The fraction of sp³-hybridized carbons (Fsp3) is 0.542. The molecule has 1 saturated carbocycles. The smallest absolute Gasteiger partial charge is 0.146 e. The van der Waals surface area contributed by atoms with Crippen LogP contribution in [0.5, 0.6) is 0 Å². The first-order chi connectivity index (χ1) is 15.1. The number of anilines is 1. The van der Waals surface area contributed by atoms with E-state index >= 15 is 0 Å². The van der Waals surface area contributed by atoms with Crippen molar-refractivity contribution in [3.8, 4) is 0 Å². The van der Waals surface area contributed by atoms with Crippen molar-refractivity contribution < 1.29 is 19.0 Å². The van der Waals surface area contributed by atoms with E-state index in [1.807, 2.05) is 30.3 Å². The SMILES string of the molecule is CO[C@H]1C[C@@H]2C[C@H](c3ccccn3)OC[C@]2(O)[C@@H]1N1CCN(c2ccccc2F)CC1. The molecule has 5 atom stereocenters. The zero-order chi connectivity index (χ0) is 21.4. The topological polar surface area (TPSA) is 58.1 Å². The summed E-state index contributed by atoms with van der Waals surface area (Å²) in [5.41, 5.74) is 0.611. The van der Waals surface area contributed by atoms with E-state index in [4.69, 9.17) is 9.47 Å². The normalized spacial score (nSPS) is 34.0. The highest BCUT2D eigenvalue weighted by molar-refractivity contribution is 5.48. The number of aromatic nitrogens is 1. The Morgan fingerprint density at radius 2 is 1.87 bits per heavy atom. The lowest BCUT2D eigenvalue weighted by Crippen LogP contribution is -2.63. The Morgan fingerprint density at radius 3 is 2.58 bits per heavy atom. The van der Waals surface area contributed by atoms with Crippen molar-refractivity contribution in [1.82, 2.24) is 9.88 Å². The molecule has 1 N–H and O–H groups in total.